The summed E-state index contributed by atoms with van der Waals surface area (Å²) in [7, 11) is 0. The molecular formula is C27H31N5O3. The molecule has 7 fully saturated rings. The number of ether oxygens (including phenoxy) is 2. The summed E-state index contributed by atoms with van der Waals surface area (Å²) in [5.41, 5.74) is 2.70. The standard InChI is InChI=1S/C27H31N5O3/c1-13-10-32(11-14(2)35-13)17-6-4-16(5-7-17)29-25-28-9-8-18(30-25)34-12-26-19-22-20(26)24-21(26)23(19)27(22,24)31-15(3)33/h4-9,13-14,19-24H,10-12H2,1-3H3,(H,31,33)(H,28,29,30)/t13-,14+,19?,20?,21?,22?,23?,24?,26?,27?. The van der Waals surface area contributed by atoms with Gasteiger partial charge in [-0.15, -0.1) is 0 Å². The van der Waals surface area contributed by atoms with Gasteiger partial charge in [-0.05, 0) is 73.6 Å². The average Bonchev–Trinajstić information content (AvgIpc) is 2.83. The molecule has 1 aromatic carbocycles. The molecule has 1 aliphatic heterocycles. The van der Waals surface area contributed by atoms with E-state index >= 15 is 0 Å². The van der Waals surface area contributed by atoms with Gasteiger partial charge in [-0.2, -0.15) is 4.98 Å². The van der Waals surface area contributed by atoms with Gasteiger partial charge in [0.1, 0.15) is 0 Å². The van der Waals surface area contributed by atoms with Crippen LogP contribution in [0, 0.1) is 40.9 Å². The predicted octanol–water partition coefficient (Wildman–Crippen LogP) is 2.84. The molecular weight excluding hydrogens is 442 g/mol. The fourth-order valence-corrected chi connectivity index (χ4v) is 9.55. The fraction of sp³-hybridized carbons (Fsp3) is 0.593. The lowest BCUT2D eigenvalue weighted by Gasteiger charge is -3.10. The van der Waals surface area contributed by atoms with Crippen molar-refractivity contribution in [3.05, 3.63) is 36.5 Å². The van der Waals surface area contributed by atoms with E-state index in [1.807, 2.05) is 6.07 Å². The van der Waals surface area contributed by atoms with Gasteiger partial charge < -0.3 is 25.0 Å². The SMILES string of the molecule is CC(=O)NC12C3C4C1C1C2C3C41COc1ccnc(Nc2ccc(N3C[C@@H](C)O[C@@H](C)C3)cc2)n1. The molecule has 2 atom stereocenters. The van der Waals surface area contributed by atoms with Gasteiger partial charge in [0.05, 0.1) is 24.4 Å². The highest BCUT2D eigenvalue weighted by Crippen LogP contribution is 3.06. The molecule has 35 heavy (non-hydrogen) atoms. The molecule has 8 heteroatoms. The van der Waals surface area contributed by atoms with Gasteiger partial charge in [-0.25, -0.2) is 4.98 Å². The Bertz CT molecular complexity index is 1170. The van der Waals surface area contributed by atoms with Crippen LogP contribution in [0.4, 0.5) is 17.3 Å². The number of carbonyl (C=O) groups excluding carboxylic acids is 1. The first-order valence-corrected chi connectivity index (χ1v) is 13.0. The predicted molar refractivity (Wildman–Crippen MR) is 129 cm³/mol. The number of hydrogen-bond acceptors (Lipinski definition) is 7. The van der Waals surface area contributed by atoms with Gasteiger partial charge in [0, 0.05) is 49.1 Å². The lowest BCUT2D eigenvalue weighted by molar-refractivity contribution is -0.626. The molecule has 6 aliphatic carbocycles. The summed E-state index contributed by atoms with van der Waals surface area (Å²) in [5.74, 6) is 5.70. The maximum absolute atomic E-state index is 11.6. The third-order valence-corrected chi connectivity index (χ3v) is 10.2. The Labute approximate surface area is 204 Å². The zero-order valence-electron chi connectivity index (χ0n) is 20.3. The summed E-state index contributed by atoms with van der Waals surface area (Å²) < 4.78 is 12.1. The molecule has 1 saturated heterocycles. The van der Waals surface area contributed by atoms with E-state index in [1.165, 1.54) is 5.69 Å². The number of benzene rings is 1. The van der Waals surface area contributed by atoms with Crippen LogP contribution in [-0.4, -0.2) is 53.3 Å². The zero-order chi connectivity index (χ0) is 23.7. The smallest absolute Gasteiger partial charge is 0.230 e. The van der Waals surface area contributed by atoms with Crippen molar-refractivity contribution in [2.24, 2.45) is 40.9 Å². The highest BCUT2D eigenvalue weighted by Gasteiger charge is 3.10. The molecule has 9 rings (SSSR count). The largest absolute Gasteiger partial charge is 0.477 e. The van der Waals surface area contributed by atoms with Crippen molar-refractivity contribution >= 4 is 23.2 Å². The molecule has 0 unspecified atom stereocenters. The summed E-state index contributed by atoms with van der Waals surface area (Å²) >= 11 is 0. The van der Waals surface area contributed by atoms with Crippen LogP contribution in [0.2, 0.25) is 0 Å². The minimum atomic E-state index is 0.131. The first-order chi connectivity index (χ1) is 16.9. The minimum Gasteiger partial charge on any atom is -0.477 e. The first-order valence-electron chi connectivity index (χ1n) is 13.0. The molecule has 6 saturated carbocycles. The number of rotatable bonds is 7. The lowest BCUT2D eigenvalue weighted by Crippen LogP contribution is -3.15. The summed E-state index contributed by atoms with van der Waals surface area (Å²) in [4.78, 5) is 23.0. The van der Waals surface area contributed by atoms with Crippen LogP contribution in [0.3, 0.4) is 0 Å². The topological polar surface area (TPSA) is 88.6 Å². The van der Waals surface area contributed by atoms with Crippen molar-refractivity contribution in [3.63, 3.8) is 0 Å². The number of aromatic nitrogens is 2. The van der Waals surface area contributed by atoms with E-state index in [0.717, 1.165) is 43.1 Å². The summed E-state index contributed by atoms with van der Waals surface area (Å²) in [6, 6.07) is 10.2. The molecule has 0 radical (unpaired) electrons. The van der Waals surface area contributed by atoms with Crippen LogP contribution < -0.4 is 20.3 Å². The second kappa shape index (κ2) is 6.46. The third-order valence-electron chi connectivity index (χ3n) is 10.2. The maximum atomic E-state index is 11.6. The summed E-state index contributed by atoms with van der Waals surface area (Å²) in [5, 5.41) is 6.61. The van der Waals surface area contributed by atoms with Gasteiger partial charge in [-0.3, -0.25) is 4.79 Å². The quantitative estimate of drug-likeness (QED) is 0.639. The Morgan fingerprint density at radius 2 is 1.71 bits per heavy atom. The van der Waals surface area contributed by atoms with E-state index in [0.29, 0.717) is 35.0 Å². The number of carbonyl (C=O) groups is 1. The monoisotopic (exact) mass is 473 g/mol. The molecule has 2 N–H and O–H groups in total. The van der Waals surface area contributed by atoms with Crippen LogP contribution in [0.15, 0.2) is 36.5 Å². The summed E-state index contributed by atoms with van der Waals surface area (Å²) in [6.45, 7) is 8.45. The second-order valence-electron chi connectivity index (χ2n) is 11.7. The van der Waals surface area contributed by atoms with E-state index < -0.39 is 0 Å². The lowest BCUT2D eigenvalue weighted by atomic mass is 8.94. The van der Waals surface area contributed by atoms with Crippen LogP contribution in [0.5, 0.6) is 5.88 Å². The van der Waals surface area contributed by atoms with Gasteiger partial charge in [-0.1, -0.05) is 0 Å². The Kier molecular flexibility index (Phi) is 3.75. The average molecular weight is 474 g/mol. The third kappa shape index (κ3) is 2.26. The number of amides is 1. The normalized spacial score (nSPS) is 44.5. The van der Waals surface area contributed by atoms with Crippen molar-refractivity contribution in [1.29, 1.82) is 0 Å². The van der Waals surface area contributed by atoms with Gasteiger partial charge in [0.2, 0.25) is 17.7 Å². The van der Waals surface area contributed by atoms with Crippen LogP contribution in [0.25, 0.3) is 0 Å². The molecule has 8 nitrogen and oxygen atoms in total. The zero-order valence-corrected chi connectivity index (χ0v) is 20.3. The second-order valence-corrected chi connectivity index (χ2v) is 11.7. The van der Waals surface area contributed by atoms with E-state index in [-0.39, 0.29) is 23.7 Å². The molecule has 182 valence electrons. The highest BCUT2D eigenvalue weighted by molar-refractivity contribution is 5.77. The van der Waals surface area contributed by atoms with E-state index in [1.54, 1.807) is 13.1 Å². The van der Waals surface area contributed by atoms with Crippen LogP contribution in [-0.2, 0) is 9.53 Å². The molecule has 7 aliphatic rings. The molecule has 0 bridgehead atoms. The number of morpholine rings is 1. The number of nitrogens with zero attached hydrogens (tertiary/aromatic N) is 3. The molecule has 1 amide bonds. The van der Waals surface area contributed by atoms with Crippen molar-refractivity contribution in [1.82, 2.24) is 15.3 Å². The Balaban J connectivity index is 0.897. The van der Waals surface area contributed by atoms with Crippen molar-refractivity contribution in [3.8, 4) is 5.88 Å². The first kappa shape index (κ1) is 20.3. The number of hydrogen-bond donors (Lipinski definition) is 2. The number of nitrogens with one attached hydrogen (secondary N) is 2. The Morgan fingerprint density at radius 3 is 2.34 bits per heavy atom. The minimum absolute atomic E-state index is 0.131. The molecule has 0 spiro atoms. The van der Waals surface area contributed by atoms with Gasteiger partial charge >= 0.3 is 0 Å². The Morgan fingerprint density at radius 1 is 1.06 bits per heavy atom. The maximum Gasteiger partial charge on any atom is 0.230 e. The highest BCUT2D eigenvalue weighted by atomic mass is 16.5. The van der Waals surface area contributed by atoms with Gasteiger partial charge in [0.25, 0.3) is 0 Å². The van der Waals surface area contributed by atoms with Crippen LogP contribution in [0.1, 0.15) is 20.8 Å². The molecule has 2 heterocycles. The van der Waals surface area contributed by atoms with Crippen molar-refractivity contribution < 1.29 is 14.3 Å². The molecule has 1 aromatic heterocycles. The van der Waals surface area contributed by atoms with Crippen molar-refractivity contribution in [2.45, 2.75) is 38.5 Å². The molecule has 2 aromatic rings. The van der Waals surface area contributed by atoms with E-state index in [4.69, 9.17) is 9.47 Å². The number of anilines is 3. The van der Waals surface area contributed by atoms with Gasteiger partial charge in [0.15, 0.2) is 0 Å². The van der Waals surface area contributed by atoms with E-state index in [9.17, 15) is 4.79 Å². The summed E-state index contributed by atoms with van der Waals surface area (Å²) in [6.07, 6.45) is 2.22. The van der Waals surface area contributed by atoms with Crippen molar-refractivity contribution in [2.75, 3.05) is 29.9 Å². The van der Waals surface area contributed by atoms with Crippen LogP contribution >= 0.6 is 0 Å². The Hall–Kier alpha value is -2.87. The van der Waals surface area contributed by atoms with E-state index in [2.05, 4.69) is 63.6 Å². The fourth-order valence-electron chi connectivity index (χ4n) is 9.55.